The standard InChI is InChI=1S/C16H20IN3S/c17-14-7-5-13(6-8-14)9-11-20-16(18)21-12-2-4-15-3-1-10-19-15/h1,3,5-8,10,19H,2,4,9,11-12H2,(H2,18,20). The van der Waals surface area contributed by atoms with Gasteiger partial charge in [-0.3, -0.25) is 4.99 Å². The van der Waals surface area contributed by atoms with Crippen LogP contribution in [0.4, 0.5) is 0 Å². The molecule has 1 aromatic heterocycles. The van der Waals surface area contributed by atoms with Crippen molar-refractivity contribution in [2.24, 2.45) is 10.7 Å². The fourth-order valence-corrected chi connectivity index (χ4v) is 2.99. The summed E-state index contributed by atoms with van der Waals surface area (Å²) in [6, 6.07) is 12.7. The first-order valence-corrected chi connectivity index (χ1v) is 9.10. The van der Waals surface area contributed by atoms with Gasteiger partial charge in [0, 0.05) is 27.8 Å². The maximum atomic E-state index is 5.93. The number of amidine groups is 1. The van der Waals surface area contributed by atoms with E-state index in [1.807, 2.05) is 12.3 Å². The number of H-pyrrole nitrogens is 1. The summed E-state index contributed by atoms with van der Waals surface area (Å²) in [6.45, 7) is 0.760. The van der Waals surface area contributed by atoms with Crippen LogP contribution >= 0.6 is 34.4 Å². The molecule has 0 bridgehead atoms. The normalized spacial score (nSPS) is 11.8. The molecule has 0 amide bonds. The zero-order valence-electron chi connectivity index (χ0n) is 11.9. The van der Waals surface area contributed by atoms with Crippen LogP contribution in [-0.2, 0) is 12.8 Å². The third-order valence-corrected chi connectivity index (χ3v) is 4.72. The topological polar surface area (TPSA) is 54.2 Å². The molecule has 3 N–H and O–H groups in total. The molecular weight excluding hydrogens is 393 g/mol. The molecule has 3 nitrogen and oxygen atoms in total. The lowest BCUT2D eigenvalue weighted by molar-refractivity contribution is 0.903. The Morgan fingerprint density at radius 1 is 1.19 bits per heavy atom. The van der Waals surface area contributed by atoms with E-state index in [4.69, 9.17) is 5.73 Å². The number of rotatable bonds is 7. The minimum absolute atomic E-state index is 0.701. The number of aromatic amines is 1. The highest BCUT2D eigenvalue weighted by Crippen LogP contribution is 2.09. The van der Waals surface area contributed by atoms with Crippen LogP contribution in [0.3, 0.4) is 0 Å². The van der Waals surface area contributed by atoms with Crippen LogP contribution in [0.25, 0.3) is 0 Å². The van der Waals surface area contributed by atoms with E-state index in [9.17, 15) is 0 Å². The van der Waals surface area contributed by atoms with Gasteiger partial charge in [-0.25, -0.2) is 0 Å². The molecule has 0 aliphatic heterocycles. The molecule has 1 heterocycles. The highest BCUT2D eigenvalue weighted by molar-refractivity contribution is 14.1. The third kappa shape index (κ3) is 6.56. The fraction of sp³-hybridized carbons (Fsp3) is 0.312. The van der Waals surface area contributed by atoms with Crippen LogP contribution in [0.1, 0.15) is 17.7 Å². The molecular formula is C16H20IN3S. The average Bonchev–Trinajstić information content (AvgIpc) is 2.99. The fourth-order valence-electron chi connectivity index (χ4n) is 1.95. The van der Waals surface area contributed by atoms with E-state index in [1.165, 1.54) is 14.8 Å². The van der Waals surface area contributed by atoms with E-state index >= 15 is 0 Å². The summed E-state index contributed by atoms with van der Waals surface area (Å²) in [7, 11) is 0. The molecule has 0 aliphatic rings. The van der Waals surface area contributed by atoms with Crippen LogP contribution in [0.5, 0.6) is 0 Å². The number of thioether (sulfide) groups is 1. The maximum Gasteiger partial charge on any atom is 0.153 e. The Kier molecular flexibility index (Phi) is 7.15. The lowest BCUT2D eigenvalue weighted by Gasteiger charge is -2.02. The maximum absolute atomic E-state index is 5.93. The van der Waals surface area contributed by atoms with Gasteiger partial charge in [0.2, 0.25) is 0 Å². The summed E-state index contributed by atoms with van der Waals surface area (Å²) in [5.74, 6) is 1.01. The van der Waals surface area contributed by atoms with Crippen LogP contribution in [0.15, 0.2) is 47.6 Å². The van der Waals surface area contributed by atoms with Gasteiger partial charge in [-0.15, -0.1) is 0 Å². The van der Waals surface area contributed by atoms with Gasteiger partial charge in [-0.1, -0.05) is 23.9 Å². The Morgan fingerprint density at radius 3 is 2.71 bits per heavy atom. The van der Waals surface area contributed by atoms with Crippen molar-refractivity contribution in [2.75, 3.05) is 12.3 Å². The smallest absolute Gasteiger partial charge is 0.153 e. The van der Waals surface area contributed by atoms with E-state index in [-0.39, 0.29) is 0 Å². The zero-order valence-corrected chi connectivity index (χ0v) is 14.9. The van der Waals surface area contributed by atoms with Gasteiger partial charge >= 0.3 is 0 Å². The van der Waals surface area contributed by atoms with Gasteiger partial charge in [-0.05, 0) is 71.7 Å². The van der Waals surface area contributed by atoms with Crippen molar-refractivity contribution in [1.82, 2.24) is 4.98 Å². The van der Waals surface area contributed by atoms with Gasteiger partial charge in [0.05, 0.1) is 0 Å². The molecule has 0 fully saturated rings. The SMILES string of the molecule is NC(=NCCc1ccc(I)cc1)SCCCc1ccc[nH]1. The van der Waals surface area contributed by atoms with E-state index in [0.29, 0.717) is 5.17 Å². The molecule has 2 aromatic rings. The highest BCUT2D eigenvalue weighted by Gasteiger charge is 1.97. The van der Waals surface area contributed by atoms with Gasteiger partial charge in [0.15, 0.2) is 5.17 Å². The minimum Gasteiger partial charge on any atom is -0.379 e. The number of aryl methyl sites for hydroxylation is 1. The van der Waals surface area contributed by atoms with Crippen molar-refractivity contribution in [2.45, 2.75) is 19.3 Å². The Morgan fingerprint density at radius 2 is 2.00 bits per heavy atom. The number of aromatic nitrogens is 1. The molecule has 0 radical (unpaired) electrons. The van der Waals surface area contributed by atoms with Crippen molar-refractivity contribution in [3.8, 4) is 0 Å². The molecule has 0 aliphatic carbocycles. The number of hydrogen-bond acceptors (Lipinski definition) is 2. The lowest BCUT2D eigenvalue weighted by atomic mass is 10.2. The zero-order chi connectivity index (χ0) is 14.9. The van der Waals surface area contributed by atoms with Gasteiger partial charge in [-0.2, -0.15) is 0 Å². The first kappa shape index (κ1) is 16.4. The Labute approximate surface area is 144 Å². The van der Waals surface area contributed by atoms with Crippen LogP contribution in [0, 0.1) is 3.57 Å². The summed E-state index contributed by atoms with van der Waals surface area (Å²) in [4.78, 5) is 7.63. The number of nitrogens with two attached hydrogens (primary N) is 1. The number of hydrogen-bond donors (Lipinski definition) is 2. The molecule has 0 atom stereocenters. The van der Waals surface area contributed by atoms with Crippen LogP contribution in [0.2, 0.25) is 0 Å². The Bertz CT molecular complexity index is 549. The molecule has 0 unspecified atom stereocenters. The van der Waals surface area contributed by atoms with E-state index in [2.05, 4.69) is 62.9 Å². The number of nitrogens with zero attached hydrogens (tertiary/aromatic N) is 1. The molecule has 112 valence electrons. The second kappa shape index (κ2) is 9.15. The van der Waals surface area contributed by atoms with Crippen molar-refractivity contribution in [3.63, 3.8) is 0 Å². The average molecular weight is 413 g/mol. The minimum atomic E-state index is 0.701. The van der Waals surface area contributed by atoms with E-state index in [1.54, 1.807) is 11.8 Å². The number of aliphatic imine (C=N–C) groups is 1. The summed E-state index contributed by atoms with van der Waals surface area (Å²) in [5.41, 5.74) is 8.52. The third-order valence-electron chi connectivity index (χ3n) is 3.08. The molecule has 0 spiro atoms. The Balaban J connectivity index is 1.61. The van der Waals surface area contributed by atoms with Gasteiger partial charge < -0.3 is 10.7 Å². The molecule has 5 heteroatoms. The summed E-state index contributed by atoms with van der Waals surface area (Å²) < 4.78 is 1.26. The second-order valence-corrected chi connectivity index (χ2v) is 7.10. The van der Waals surface area contributed by atoms with Gasteiger partial charge in [0.1, 0.15) is 0 Å². The number of benzene rings is 1. The Hall–Kier alpha value is -0.950. The van der Waals surface area contributed by atoms with E-state index < -0.39 is 0 Å². The molecule has 1 aromatic carbocycles. The second-order valence-electron chi connectivity index (χ2n) is 4.74. The number of nitrogens with one attached hydrogen (secondary N) is 1. The molecule has 2 rings (SSSR count). The van der Waals surface area contributed by atoms with Crippen molar-refractivity contribution < 1.29 is 0 Å². The monoisotopic (exact) mass is 413 g/mol. The predicted molar refractivity (Wildman–Crippen MR) is 101 cm³/mol. The van der Waals surface area contributed by atoms with Crippen molar-refractivity contribution in [1.29, 1.82) is 0 Å². The van der Waals surface area contributed by atoms with E-state index in [0.717, 1.165) is 31.6 Å². The summed E-state index contributed by atoms with van der Waals surface area (Å²) in [5, 5.41) is 0.701. The van der Waals surface area contributed by atoms with Crippen molar-refractivity contribution >= 4 is 39.5 Å². The van der Waals surface area contributed by atoms with Crippen molar-refractivity contribution in [3.05, 3.63) is 57.4 Å². The largest absolute Gasteiger partial charge is 0.379 e. The lowest BCUT2D eigenvalue weighted by Crippen LogP contribution is -2.09. The quantitative estimate of drug-likeness (QED) is 0.314. The summed E-state index contributed by atoms with van der Waals surface area (Å²) in [6.07, 6.45) is 5.08. The highest BCUT2D eigenvalue weighted by atomic mass is 127. The van der Waals surface area contributed by atoms with Crippen LogP contribution in [-0.4, -0.2) is 22.4 Å². The first-order valence-electron chi connectivity index (χ1n) is 7.03. The first-order chi connectivity index (χ1) is 10.2. The molecule has 21 heavy (non-hydrogen) atoms. The molecule has 0 saturated carbocycles. The summed E-state index contributed by atoms with van der Waals surface area (Å²) >= 11 is 3.96. The predicted octanol–water partition coefficient (Wildman–Crippen LogP) is 3.84. The van der Waals surface area contributed by atoms with Crippen LogP contribution < -0.4 is 5.73 Å². The molecule has 0 saturated heterocycles. The number of halogens is 1. The van der Waals surface area contributed by atoms with Gasteiger partial charge in [0.25, 0.3) is 0 Å².